The first-order valence-corrected chi connectivity index (χ1v) is 13.6. The van der Waals surface area contributed by atoms with Crippen molar-refractivity contribution in [1.82, 2.24) is 0 Å². The fraction of sp³-hybridized carbons (Fsp3) is 0.250. The molecule has 2 radical (unpaired) electrons. The first kappa shape index (κ1) is 25.0. The first-order chi connectivity index (χ1) is 17.2. The molecule has 1 N–H and O–H groups in total. The van der Waals surface area contributed by atoms with E-state index in [-0.39, 0.29) is 21.4 Å². The summed E-state index contributed by atoms with van der Waals surface area (Å²) in [6, 6.07) is 37.9. The Morgan fingerprint density at radius 1 is 0.714 bits per heavy atom. The molecule has 1 unspecified atom stereocenters. The van der Waals surface area contributed by atoms with E-state index in [1.165, 1.54) is 16.7 Å². The van der Waals surface area contributed by atoms with Crippen LogP contribution >= 0.6 is 0 Å². The SMILES string of the molecule is CCCCc1cc(C(CCc2ccccc2)O[Si]C(c2ccccc2)c2ccccc2)ccc1O. The summed E-state index contributed by atoms with van der Waals surface area (Å²) in [5, 5.41) is 10.4. The molecule has 0 aliphatic carbocycles. The maximum absolute atomic E-state index is 10.4. The Balaban J connectivity index is 1.59. The third-order valence-corrected chi connectivity index (χ3v) is 7.73. The smallest absolute Gasteiger partial charge is 0.243 e. The van der Waals surface area contributed by atoms with Crippen LogP contribution < -0.4 is 0 Å². The number of phenolic OH excluding ortho intramolecular Hbond substituents is 1. The fourth-order valence-electron chi connectivity index (χ4n) is 4.38. The van der Waals surface area contributed by atoms with Gasteiger partial charge in [-0.1, -0.05) is 110 Å². The summed E-state index contributed by atoms with van der Waals surface area (Å²) in [7, 11) is 0.284. The average Bonchev–Trinajstić information content (AvgIpc) is 2.92. The number of benzene rings is 4. The molecular weight excluding hydrogens is 444 g/mol. The van der Waals surface area contributed by atoms with Crippen molar-refractivity contribution in [3.63, 3.8) is 0 Å². The molecule has 4 aromatic rings. The lowest BCUT2D eigenvalue weighted by molar-refractivity contribution is 0.203. The van der Waals surface area contributed by atoms with Crippen molar-refractivity contribution in [3.05, 3.63) is 137 Å². The van der Waals surface area contributed by atoms with Gasteiger partial charge in [-0.25, -0.2) is 0 Å². The van der Waals surface area contributed by atoms with Gasteiger partial charge in [0.2, 0.25) is 9.76 Å². The van der Waals surface area contributed by atoms with E-state index in [1.54, 1.807) is 0 Å². The van der Waals surface area contributed by atoms with Crippen LogP contribution in [0.5, 0.6) is 5.75 Å². The summed E-state index contributed by atoms with van der Waals surface area (Å²) in [5.41, 5.74) is 6.22. The van der Waals surface area contributed by atoms with Crippen LogP contribution in [0.1, 0.15) is 65.6 Å². The van der Waals surface area contributed by atoms with Crippen LogP contribution in [0.2, 0.25) is 0 Å². The molecule has 0 bridgehead atoms. The molecule has 35 heavy (non-hydrogen) atoms. The van der Waals surface area contributed by atoms with E-state index >= 15 is 0 Å². The number of rotatable bonds is 12. The average molecular weight is 479 g/mol. The van der Waals surface area contributed by atoms with Gasteiger partial charge in [-0.05, 0) is 65.6 Å². The highest BCUT2D eigenvalue weighted by molar-refractivity contribution is 6.31. The topological polar surface area (TPSA) is 29.5 Å². The van der Waals surface area contributed by atoms with Crippen LogP contribution in [0, 0.1) is 0 Å². The molecular formula is C32H34O2Si. The number of hydrogen-bond donors (Lipinski definition) is 1. The second-order valence-electron chi connectivity index (χ2n) is 8.99. The molecule has 3 heteroatoms. The maximum atomic E-state index is 10.4. The van der Waals surface area contributed by atoms with Gasteiger partial charge < -0.3 is 9.53 Å². The van der Waals surface area contributed by atoms with Crippen LogP contribution in [-0.4, -0.2) is 14.9 Å². The predicted octanol–water partition coefficient (Wildman–Crippen LogP) is 7.83. The molecule has 0 aromatic heterocycles. The minimum atomic E-state index is -0.0376. The predicted molar refractivity (Wildman–Crippen MR) is 146 cm³/mol. The van der Waals surface area contributed by atoms with E-state index in [4.69, 9.17) is 4.43 Å². The van der Waals surface area contributed by atoms with Crippen molar-refractivity contribution >= 4 is 9.76 Å². The highest BCUT2D eigenvalue weighted by Gasteiger charge is 2.21. The Morgan fingerprint density at radius 3 is 1.91 bits per heavy atom. The van der Waals surface area contributed by atoms with Crippen molar-refractivity contribution in [3.8, 4) is 5.75 Å². The molecule has 2 nitrogen and oxygen atoms in total. The van der Waals surface area contributed by atoms with Gasteiger partial charge >= 0.3 is 0 Å². The number of aromatic hydroxyl groups is 1. The zero-order chi connectivity index (χ0) is 24.3. The van der Waals surface area contributed by atoms with E-state index in [2.05, 4.69) is 104 Å². The zero-order valence-corrected chi connectivity index (χ0v) is 21.4. The second kappa shape index (κ2) is 13.1. The molecule has 1 atom stereocenters. The van der Waals surface area contributed by atoms with Gasteiger partial charge in [-0.2, -0.15) is 0 Å². The summed E-state index contributed by atoms with van der Waals surface area (Å²) in [6.45, 7) is 2.18. The maximum Gasteiger partial charge on any atom is 0.243 e. The van der Waals surface area contributed by atoms with Crippen molar-refractivity contribution in [2.24, 2.45) is 0 Å². The van der Waals surface area contributed by atoms with E-state index in [1.807, 2.05) is 12.1 Å². The minimum absolute atomic E-state index is 0.0376. The van der Waals surface area contributed by atoms with Crippen molar-refractivity contribution in [2.75, 3.05) is 0 Å². The Morgan fingerprint density at radius 2 is 1.31 bits per heavy atom. The summed E-state index contributed by atoms with van der Waals surface area (Å²) in [4.78, 5) is 0. The first-order valence-electron chi connectivity index (χ1n) is 12.6. The van der Waals surface area contributed by atoms with E-state index in [0.29, 0.717) is 5.75 Å². The molecule has 0 saturated heterocycles. The minimum Gasteiger partial charge on any atom is -0.508 e. The van der Waals surface area contributed by atoms with Crippen molar-refractivity contribution in [2.45, 2.75) is 50.7 Å². The van der Waals surface area contributed by atoms with Gasteiger partial charge in [-0.3, -0.25) is 0 Å². The quantitative estimate of drug-likeness (QED) is 0.210. The molecule has 0 aliphatic rings. The highest BCUT2D eigenvalue weighted by Crippen LogP contribution is 2.31. The van der Waals surface area contributed by atoms with Gasteiger partial charge in [0.15, 0.2) is 0 Å². The molecule has 0 saturated carbocycles. The van der Waals surface area contributed by atoms with Crippen LogP contribution in [0.25, 0.3) is 0 Å². The Hall–Kier alpha value is -3.14. The lowest BCUT2D eigenvalue weighted by Crippen LogP contribution is -2.17. The largest absolute Gasteiger partial charge is 0.508 e. The molecule has 0 amide bonds. The monoisotopic (exact) mass is 478 g/mol. The van der Waals surface area contributed by atoms with Gasteiger partial charge in [0.25, 0.3) is 0 Å². The lowest BCUT2D eigenvalue weighted by atomic mass is 9.97. The molecule has 4 aromatic carbocycles. The van der Waals surface area contributed by atoms with Gasteiger partial charge in [-0.15, -0.1) is 0 Å². The summed E-state index contributed by atoms with van der Waals surface area (Å²) in [5.74, 6) is 0.387. The Labute approximate surface area is 212 Å². The third-order valence-electron chi connectivity index (χ3n) is 6.41. The third kappa shape index (κ3) is 7.17. The summed E-state index contributed by atoms with van der Waals surface area (Å²) < 4.78 is 6.77. The van der Waals surface area contributed by atoms with E-state index < -0.39 is 0 Å². The normalized spacial score (nSPS) is 12.1. The van der Waals surface area contributed by atoms with Crippen molar-refractivity contribution in [1.29, 1.82) is 0 Å². The molecule has 0 fully saturated rings. The van der Waals surface area contributed by atoms with Gasteiger partial charge in [0.05, 0.1) is 6.10 Å². The highest BCUT2D eigenvalue weighted by atomic mass is 28.2. The van der Waals surface area contributed by atoms with Crippen LogP contribution in [0.3, 0.4) is 0 Å². The second-order valence-corrected chi connectivity index (χ2v) is 10.0. The van der Waals surface area contributed by atoms with Gasteiger partial charge in [0.1, 0.15) is 5.75 Å². The number of unbranched alkanes of at least 4 members (excludes halogenated alkanes) is 1. The lowest BCUT2D eigenvalue weighted by Gasteiger charge is -2.23. The van der Waals surface area contributed by atoms with Crippen LogP contribution in [-0.2, 0) is 17.3 Å². The zero-order valence-electron chi connectivity index (χ0n) is 20.4. The molecule has 4 rings (SSSR count). The van der Waals surface area contributed by atoms with Gasteiger partial charge in [0, 0.05) is 5.54 Å². The fourth-order valence-corrected chi connectivity index (χ4v) is 5.59. The molecule has 0 spiro atoms. The number of hydrogen-bond acceptors (Lipinski definition) is 2. The Kier molecular flexibility index (Phi) is 9.33. The standard InChI is InChI=1S/C32H34O2Si/c1-2-3-15-28-24-29(21-22-30(28)33)31(23-20-25-13-7-4-8-14-25)34-35-32(26-16-9-5-10-17-26)27-18-11-6-12-19-27/h4-14,16-19,21-22,24,31-33H,2-3,15,20,23H2,1H3. The number of aryl methyl sites for hydroxylation is 2. The molecule has 178 valence electrons. The molecule has 0 heterocycles. The van der Waals surface area contributed by atoms with Crippen LogP contribution in [0.15, 0.2) is 109 Å². The summed E-state index contributed by atoms with van der Waals surface area (Å²) >= 11 is 0. The van der Waals surface area contributed by atoms with E-state index in [0.717, 1.165) is 43.2 Å². The van der Waals surface area contributed by atoms with Crippen molar-refractivity contribution < 1.29 is 9.53 Å². The number of phenols is 1. The van der Waals surface area contributed by atoms with E-state index in [9.17, 15) is 5.11 Å². The summed E-state index contributed by atoms with van der Waals surface area (Å²) in [6.07, 6.45) is 4.87. The van der Waals surface area contributed by atoms with Crippen LogP contribution in [0.4, 0.5) is 0 Å². The molecule has 0 aliphatic heterocycles. The Bertz CT molecular complexity index is 1110.